The Hall–Kier alpha value is -1.29. The second-order valence-electron chi connectivity index (χ2n) is 4.74. The van der Waals surface area contributed by atoms with Crippen LogP contribution in [0.4, 0.5) is 4.39 Å². The summed E-state index contributed by atoms with van der Waals surface area (Å²) in [6.45, 7) is 5.78. The molecule has 0 heterocycles. The van der Waals surface area contributed by atoms with Crippen LogP contribution in [0.3, 0.4) is 0 Å². The van der Waals surface area contributed by atoms with Crippen LogP contribution in [-0.2, 0) is 0 Å². The molecular formula is C14H19ClFN3. The van der Waals surface area contributed by atoms with Gasteiger partial charge in [0.25, 0.3) is 0 Å². The normalized spacial score (nSPS) is 22.4. The molecule has 1 saturated carbocycles. The lowest BCUT2D eigenvalue weighted by atomic mass is 10.1. The van der Waals surface area contributed by atoms with Crippen molar-refractivity contribution >= 4 is 17.6 Å². The Balaban J connectivity index is 2.04. The van der Waals surface area contributed by atoms with E-state index < -0.39 is 0 Å². The molecule has 19 heavy (non-hydrogen) atoms. The molecule has 1 aromatic rings. The molecular weight excluding hydrogens is 265 g/mol. The predicted molar refractivity (Wildman–Crippen MR) is 77.1 cm³/mol. The Kier molecular flexibility index (Phi) is 4.30. The SMILES string of the molecule is CCN(CC)C(N)=N[C@@H]1C[C@H]1c1ccc(Cl)c(F)c1. The fourth-order valence-corrected chi connectivity index (χ4v) is 2.34. The molecule has 1 aliphatic carbocycles. The number of rotatable bonds is 4. The number of hydrogen-bond acceptors (Lipinski definition) is 1. The van der Waals surface area contributed by atoms with Gasteiger partial charge in [0.2, 0.25) is 0 Å². The lowest BCUT2D eigenvalue weighted by molar-refractivity contribution is 0.458. The highest BCUT2D eigenvalue weighted by Crippen LogP contribution is 2.44. The third kappa shape index (κ3) is 3.18. The molecule has 0 unspecified atom stereocenters. The molecule has 0 bridgehead atoms. The zero-order valence-corrected chi connectivity index (χ0v) is 12.0. The van der Waals surface area contributed by atoms with Crippen molar-refractivity contribution in [2.75, 3.05) is 13.1 Å². The smallest absolute Gasteiger partial charge is 0.191 e. The van der Waals surface area contributed by atoms with Crippen molar-refractivity contribution in [2.24, 2.45) is 10.7 Å². The first-order valence-corrected chi connectivity index (χ1v) is 6.97. The van der Waals surface area contributed by atoms with E-state index in [1.807, 2.05) is 24.8 Å². The van der Waals surface area contributed by atoms with Gasteiger partial charge in [-0.2, -0.15) is 0 Å². The lowest BCUT2D eigenvalue weighted by Gasteiger charge is -2.19. The summed E-state index contributed by atoms with van der Waals surface area (Å²) < 4.78 is 13.4. The van der Waals surface area contributed by atoms with E-state index in [9.17, 15) is 4.39 Å². The number of guanidine groups is 1. The topological polar surface area (TPSA) is 41.6 Å². The van der Waals surface area contributed by atoms with Crippen molar-refractivity contribution in [2.45, 2.75) is 32.2 Å². The van der Waals surface area contributed by atoms with Gasteiger partial charge < -0.3 is 10.6 Å². The maximum Gasteiger partial charge on any atom is 0.191 e. The summed E-state index contributed by atoms with van der Waals surface area (Å²) in [4.78, 5) is 6.52. The fraction of sp³-hybridized carbons (Fsp3) is 0.500. The highest BCUT2D eigenvalue weighted by Gasteiger charge is 2.39. The van der Waals surface area contributed by atoms with Gasteiger partial charge in [0, 0.05) is 19.0 Å². The fourth-order valence-electron chi connectivity index (χ4n) is 2.22. The molecule has 3 nitrogen and oxygen atoms in total. The number of halogens is 2. The second kappa shape index (κ2) is 5.78. The second-order valence-corrected chi connectivity index (χ2v) is 5.15. The molecule has 2 N–H and O–H groups in total. The molecule has 0 aliphatic heterocycles. The first-order chi connectivity index (χ1) is 9.06. The van der Waals surface area contributed by atoms with Crippen molar-refractivity contribution in [3.05, 3.63) is 34.6 Å². The number of hydrogen-bond donors (Lipinski definition) is 1. The Morgan fingerprint density at radius 3 is 2.74 bits per heavy atom. The average molecular weight is 284 g/mol. The minimum absolute atomic E-state index is 0.159. The Labute approximate surface area is 118 Å². The van der Waals surface area contributed by atoms with E-state index in [4.69, 9.17) is 17.3 Å². The molecule has 1 aliphatic rings. The molecule has 0 saturated heterocycles. The highest BCUT2D eigenvalue weighted by atomic mass is 35.5. The van der Waals surface area contributed by atoms with Gasteiger partial charge in [0.05, 0.1) is 11.1 Å². The summed E-state index contributed by atoms with van der Waals surface area (Å²) >= 11 is 5.68. The van der Waals surface area contributed by atoms with Gasteiger partial charge in [-0.3, -0.25) is 0 Å². The third-order valence-electron chi connectivity index (χ3n) is 3.51. The van der Waals surface area contributed by atoms with E-state index in [1.165, 1.54) is 6.07 Å². The Morgan fingerprint density at radius 1 is 1.47 bits per heavy atom. The van der Waals surface area contributed by atoms with Crippen LogP contribution in [0.2, 0.25) is 5.02 Å². The van der Waals surface area contributed by atoms with Crippen LogP contribution in [-0.4, -0.2) is 30.0 Å². The third-order valence-corrected chi connectivity index (χ3v) is 3.82. The summed E-state index contributed by atoms with van der Waals surface area (Å²) in [5, 5.41) is 0.159. The van der Waals surface area contributed by atoms with Crippen LogP contribution >= 0.6 is 11.6 Å². The van der Waals surface area contributed by atoms with E-state index in [2.05, 4.69) is 4.99 Å². The van der Waals surface area contributed by atoms with Crippen LogP contribution in [0.25, 0.3) is 0 Å². The van der Waals surface area contributed by atoms with Crippen molar-refractivity contribution in [1.29, 1.82) is 0 Å². The molecule has 1 fully saturated rings. The largest absolute Gasteiger partial charge is 0.370 e. The Morgan fingerprint density at radius 2 is 2.16 bits per heavy atom. The van der Waals surface area contributed by atoms with Crippen molar-refractivity contribution < 1.29 is 4.39 Å². The Bertz CT molecular complexity index is 486. The molecule has 0 radical (unpaired) electrons. The first kappa shape index (κ1) is 14.1. The summed E-state index contributed by atoms with van der Waals surface area (Å²) in [5.74, 6) is 0.471. The van der Waals surface area contributed by atoms with E-state index in [0.717, 1.165) is 25.1 Å². The molecule has 0 aromatic heterocycles. The van der Waals surface area contributed by atoms with Crippen LogP contribution in [0.15, 0.2) is 23.2 Å². The van der Waals surface area contributed by atoms with Gasteiger partial charge in [-0.1, -0.05) is 17.7 Å². The lowest BCUT2D eigenvalue weighted by Crippen LogP contribution is -2.37. The summed E-state index contributed by atoms with van der Waals surface area (Å²) in [6, 6.07) is 5.12. The molecule has 5 heteroatoms. The summed E-state index contributed by atoms with van der Waals surface area (Å²) in [7, 11) is 0. The molecule has 2 atom stereocenters. The number of nitrogens with two attached hydrogens (primary N) is 1. The standard InChI is InChI=1S/C14H19ClFN3/c1-3-19(4-2)14(17)18-13-8-10(13)9-5-6-11(15)12(16)7-9/h5-7,10,13H,3-4,8H2,1-2H3,(H2,17,18)/t10-,13+/m0/s1. The molecule has 1 aromatic carbocycles. The summed E-state index contributed by atoms with van der Waals surface area (Å²) in [5.41, 5.74) is 6.90. The summed E-state index contributed by atoms with van der Waals surface area (Å²) in [6.07, 6.45) is 0.920. The van der Waals surface area contributed by atoms with Gasteiger partial charge in [0.1, 0.15) is 5.82 Å². The quantitative estimate of drug-likeness (QED) is 0.682. The maximum absolute atomic E-state index is 13.4. The predicted octanol–water partition coefficient (Wildman–Crippen LogP) is 2.99. The van der Waals surface area contributed by atoms with Crippen molar-refractivity contribution in [3.8, 4) is 0 Å². The van der Waals surface area contributed by atoms with Crippen LogP contribution in [0, 0.1) is 5.82 Å². The van der Waals surface area contributed by atoms with E-state index in [-0.39, 0.29) is 22.8 Å². The van der Waals surface area contributed by atoms with E-state index >= 15 is 0 Å². The van der Waals surface area contributed by atoms with Gasteiger partial charge in [-0.25, -0.2) is 9.38 Å². The molecule has 0 amide bonds. The maximum atomic E-state index is 13.4. The van der Waals surface area contributed by atoms with Gasteiger partial charge in [-0.15, -0.1) is 0 Å². The number of nitrogens with zero attached hydrogens (tertiary/aromatic N) is 2. The average Bonchev–Trinajstić information content (AvgIpc) is 3.13. The van der Waals surface area contributed by atoms with Crippen molar-refractivity contribution in [3.63, 3.8) is 0 Å². The molecule has 104 valence electrons. The minimum atomic E-state index is -0.370. The van der Waals surface area contributed by atoms with Gasteiger partial charge >= 0.3 is 0 Å². The van der Waals surface area contributed by atoms with Gasteiger partial charge in [0.15, 0.2) is 5.96 Å². The molecule has 2 rings (SSSR count). The number of aliphatic imine (C=N–C) groups is 1. The molecule has 0 spiro atoms. The van der Waals surface area contributed by atoms with Gasteiger partial charge in [-0.05, 0) is 38.0 Å². The van der Waals surface area contributed by atoms with E-state index in [0.29, 0.717) is 5.96 Å². The van der Waals surface area contributed by atoms with Crippen LogP contribution in [0.1, 0.15) is 31.7 Å². The zero-order valence-electron chi connectivity index (χ0n) is 11.2. The van der Waals surface area contributed by atoms with Crippen molar-refractivity contribution in [1.82, 2.24) is 4.90 Å². The highest BCUT2D eigenvalue weighted by molar-refractivity contribution is 6.30. The first-order valence-electron chi connectivity index (χ1n) is 6.60. The minimum Gasteiger partial charge on any atom is -0.370 e. The van der Waals surface area contributed by atoms with Crippen LogP contribution < -0.4 is 5.73 Å². The zero-order chi connectivity index (χ0) is 14.0. The van der Waals surface area contributed by atoms with Crippen LogP contribution in [0.5, 0.6) is 0 Å². The number of benzene rings is 1. The monoisotopic (exact) mass is 283 g/mol. The van der Waals surface area contributed by atoms with E-state index in [1.54, 1.807) is 6.07 Å².